The lowest BCUT2D eigenvalue weighted by atomic mass is 9.74. The highest BCUT2D eigenvalue weighted by Gasteiger charge is 2.31. The number of aryl methyl sites for hydroxylation is 1. The maximum absolute atomic E-state index is 9.55. The summed E-state index contributed by atoms with van der Waals surface area (Å²) in [7, 11) is 0. The number of aliphatic hydroxyl groups is 1. The highest BCUT2D eigenvalue weighted by atomic mass is 32.1. The Morgan fingerprint density at radius 2 is 2.12 bits per heavy atom. The Labute approximate surface area is 100 Å². The van der Waals surface area contributed by atoms with Crippen LogP contribution in [-0.2, 0) is 0 Å². The molecule has 1 aromatic heterocycles. The fraction of sp³-hybridized carbons (Fsp3) is 0.818. The summed E-state index contributed by atoms with van der Waals surface area (Å²) < 4.78 is 4.13. The standard InChI is InChI=1S/C11H19N3OS/c1-9-13-10(16-14-9)12-7-11(8-15)5-3-2-4-6-11/h15H,2-8H2,1H3,(H,12,13,14). The average Bonchev–Trinajstić information content (AvgIpc) is 2.74. The van der Waals surface area contributed by atoms with Gasteiger partial charge in [0.25, 0.3) is 0 Å². The van der Waals surface area contributed by atoms with E-state index in [4.69, 9.17) is 0 Å². The second kappa shape index (κ2) is 5.10. The Bertz CT molecular complexity index is 334. The summed E-state index contributed by atoms with van der Waals surface area (Å²) in [6.07, 6.45) is 6.01. The van der Waals surface area contributed by atoms with Crippen LogP contribution in [0.15, 0.2) is 0 Å². The summed E-state index contributed by atoms with van der Waals surface area (Å²) in [4.78, 5) is 4.28. The third-order valence-electron chi connectivity index (χ3n) is 3.39. The van der Waals surface area contributed by atoms with Gasteiger partial charge in [-0.05, 0) is 19.8 Å². The maximum Gasteiger partial charge on any atom is 0.202 e. The SMILES string of the molecule is Cc1nsc(NCC2(CO)CCCCC2)n1. The minimum atomic E-state index is 0.0673. The lowest BCUT2D eigenvalue weighted by Gasteiger charge is -2.35. The van der Waals surface area contributed by atoms with Crippen molar-refractivity contribution in [2.24, 2.45) is 5.41 Å². The van der Waals surface area contributed by atoms with Crippen molar-refractivity contribution >= 4 is 16.7 Å². The van der Waals surface area contributed by atoms with E-state index in [9.17, 15) is 5.11 Å². The summed E-state index contributed by atoms with van der Waals surface area (Å²) in [6.45, 7) is 2.99. The first-order valence-electron chi connectivity index (χ1n) is 5.89. The number of nitrogens with zero attached hydrogens (tertiary/aromatic N) is 2. The van der Waals surface area contributed by atoms with Crippen LogP contribution in [0.1, 0.15) is 37.9 Å². The van der Waals surface area contributed by atoms with E-state index in [1.165, 1.54) is 30.8 Å². The summed E-state index contributed by atoms with van der Waals surface area (Å²) in [5.41, 5.74) is 0.0673. The third kappa shape index (κ3) is 2.71. The van der Waals surface area contributed by atoms with Gasteiger partial charge in [0.2, 0.25) is 5.13 Å². The van der Waals surface area contributed by atoms with E-state index in [1.54, 1.807) is 0 Å². The summed E-state index contributed by atoms with van der Waals surface area (Å²) in [5, 5.41) is 13.7. The maximum atomic E-state index is 9.55. The lowest BCUT2D eigenvalue weighted by Crippen LogP contribution is -2.35. The number of rotatable bonds is 4. The third-order valence-corrected chi connectivity index (χ3v) is 4.16. The molecule has 2 N–H and O–H groups in total. The molecule has 1 aliphatic rings. The van der Waals surface area contributed by atoms with E-state index < -0.39 is 0 Å². The molecular formula is C11H19N3OS. The van der Waals surface area contributed by atoms with Gasteiger partial charge in [0.05, 0.1) is 6.61 Å². The van der Waals surface area contributed by atoms with Gasteiger partial charge in [0.15, 0.2) is 0 Å². The second-order valence-electron chi connectivity index (χ2n) is 4.72. The minimum absolute atomic E-state index is 0.0673. The van der Waals surface area contributed by atoms with Crippen molar-refractivity contribution in [2.45, 2.75) is 39.0 Å². The fourth-order valence-corrected chi connectivity index (χ4v) is 2.89. The predicted octanol–water partition coefficient (Wildman–Crippen LogP) is 2.20. The molecule has 1 aromatic rings. The molecule has 2 rings (SSSR count). The highest BCUT2D eigenvalue weighted by Crippen LogP contribution is 2.36. The van der Waals surface area contributed by atoms with Gasteiger partial charge in [-0.2, -0.15) is 4.37 Å². The van der Waals surface area contributed by atoms with Crippen LogP contribution in [0.25, 0.3) is 0 Å². The molecule has 1 heterocycles. The first-order chi connectivity index (χ1) is 7.74. The molecule has 1 saturated carbocycles. The molecule has 0 bridgehead atoms. The van der Waals surface area contributed by atoms with Gasteiger partial charge < -0.3 is 10.4 Å². The first-order valence-corrected chi connectivity index (χ1v) is 6.66. The van der Waals surface area contributed by atoms with Crippen molar-refractivity contribution in [1.29, 1.82) is 0 Å². The van der Waals surface area contributed by atoms with Gasteiger partial charge in [-0.3, -0.25) is 0 Å². The summed E-state index contributed by atoms with van der Waals surface area (Å²) in [5.74, 6) is 0.814. The molecule has 0 spiro atoms. The normalized spacial score (nSPS) is 19.6. The van der Waals surface area contributed by atoms with Crippen LogP contribution in [-0.4, -0.2) is 27.6 Å². The Hall–Kier alpha value is -0.680. The van der Waals surface area contributed by atoms with Gasteiger partial charge >= 0.3 is 0 Å². The zero-order valence-corrected chi connectivity index (χ0v) is 10.5. The van der Waals surface area contributed by atoms with E-state index >= 15 is 0 Å². The Morgan fingerprint density at radius 3 is 2.69 bits per heavy atom. The first kappa shape index (κ1) is 11.8. The van der Waals surface area contributed by atoms with Crippen LogP contribution in [0, 0.1) is 12.3 Å². The fourth-order valence-electron chi connectivity index (χ4n) is 2.32. The van der Waals surface area contributed by atoms with Crippen LogP contribution in [0.3, 0.4) is 0 Å². The van der Waals surface area contributed by atoms with Crippen LogP contribution in [0.5, 0.6) is 0 Å². The molecule has 1 aliphatic carbocycles. The number of hydrogen-bond acceptors (Lipinski definition) is 5. The topological polar surface area (TPSA) is 58.0 Å². The van der Waals surface area contributed by atoms with Crippen LogP contribution in [0.2, 0.25) is 0 Å². The number of hydrogen-bond donors (Lipinski definition) is 2. The van der Waals surface area contributed by atoms with Crippen molar-refractivity contribution in [3.8, 4) is 0 Å². The number of aliphatic hydroxyl groups excluding tert-OH is 1. The molecule has 0 unspecified atom stereocenters. The van der Waals surface area contributed by atoms with Crippen LogP contribution >= 0.6 is 11.5 Å². The zero-order chi connectivity index (χ0) is 11.4. The predicted molar refractivity (Wildman–Crippen MR) is 65.7 cm³/mol. The molecule has 1 fully saturated rings. The quantitative estimate of drug-likeness (QED) is 0.848. The molecule has 90 valence electrons. The molecule has 0 amide bonds. The lowest BCUT2D eigenvalue weighted by molar-refractivity contribution is 0.0944. The molecule has 5 heteroatoms. The molecule has 4 nitrogen and oxygen atoms in total. The highest BCUT2D eigenvalue weighted by molar-refractivity contribution is 7.09. The molecule has 16 heavy (non-hydrogen) atoms. The second-order valence-corrected chi connectivity index (χ2v) is 5.47. The molecule has 0 aromatic carbocycles. The van der Waals surface area contributed by atoms with Gasteiger partial charge in [0.1, 0.15) is 5.82 Å². The van der Waals surface area contributed by atoms with Crippen LogP contribution < -0.4 is 5.32 Å². The van der Waals surface area contributed by atoms with E-state index in [-0.39, 0.29) is 12.0 Å². The average molecular weight is 241 g/mol. The van der Waals surface area contributed by atoms with E-state index in [1.807, 2.05) is 6.92 Å². The van der Waals surface area contributed by atoms with Crippen molar-refractivity contribution in [1.82, 2.24) is 9.36 Å². The van der Waals surface area contributed by atoms with Crippen molar-refractivity contribution < 1.29 is 5.11 Å². The van der Waals surface area contributed by atoms with Gasteiger partial charge in [-0.25, -0.2) is 4.98 Å². The molecule has 0 aliphatic heterocycles. The van der Waals surface area contributed by atoms with Crippen molar-refractivity contribution in [3.63, 3.8) is 0 Å². The monoisotopic (exact) mass is 241 g/mol. The number of anilines is 1. The summed E-state index contributed by atoms with van der Waals surface area (Å²) >= 11 is 1.39. The Morgan fingerprint density at radius 1 is 1.38 bits per heavy atom. The van der Waals surface area contributed by atoms with Gasteiger partial charge in [-0.15, -0.1) is 0 Å². The molecule has 0 radical (unpaired) electrons. The van der Waals surface area contributed by atoms with Gasteiger partial charge in [0, 0.05) is 23.5 Å². The van der Waals surface area contributed by atoms with E-state index in [0.717, 1.165) is 30.3 Å². The van der Waals surface area contributed by atoms with Gasteiger partial charge in [-0.1, -0.05) is 19.3 Å². The number of aromatic nitrogens is 2. The zero-order valence-electron chi connectivity index (χ0n) is 9.70. The van der Waals surface area contributed by atoms with Crippen molar-refractivity contribution in [3.05, 3.63) is 5.82 Å². The minimum Gasteiger partial charge on any atom is -0.396 e. The molecular weight excluding hydrogens is 222 g/mol. The Kier molecular flexibility index (Phi) is 3.76. The molecule has 0 atom stereocenters. The number of nitrogens with one attached hydrogen (secondary N) is 1. The summed E-state index contributed by atoms with van der Waals surface area (Å²) in [6, 6.07) is 0. The Balaban J connectivity index is 1.91. The van der Waals surface area contributed by atoms with E-state index in [2.05, 4.69) is 14.7 Å². The van der Waals surface area contributed by atoms with Crippen molar-refractivity contribution in [2.75, 3.05) is 18.5 Å². The van der Waals surface area contributed by atoms with E-state index in [0.29, 0.717) is 0 Å². The van der Waals surface area contributed by atoms with Crippen LogP contribution in [0.4, 0.5) is 5.13 Å². The largest absolute Gasteiger partial charge is 0.396 e. The molecule has 0 saturated heterocycles. The smallest absolute Gasteiger partial charge is 0.202 e.